The summed E-state index contributed by atoms with van der Waals surface area (Å²) in [5.74, 6) is 0.756. The molecule has 1 aromatic carbocycles. The highest BCUT2D eigenvalue weighted by molar-refractivity contribution is 5.52. The fraction of sp³-hybridized carbons (Fsp3) is 0.0909. The second-order valence-corrected chi connectivity index (χ2v) is 3.47. The molecule has 2 rings (SSSR count). The first kappa shape index (κ1) is 12.6. The SMILES string of the molecule is COc1ccc(Oc2cnc(N)cn2)c([N+](=O)[O-])c1. The zero-order valence-corrected chi connectivity index (χ0v) is 9.94. The molecule has 0 radical (unpaired) electrons. The topological polar surface area (TPSA) is 113 Å². The lowest BCUT2D eigenvalue weighted by Gasteiger charge is -2.06. The van der Waals surface area contributed by atoms with Crippen molar-refractivity contribution in [3.05, 3.63) is 40.7 Å². The lowest BCUT2D eigenvalue weighted by molar-refractivity contribution is -0.385. The maximum atomic E-state index is 10.9. The molecule has 0 aliphatic rings. The molecular formula is C11H10N4O4. The molecule has 0 fully saturated rings. The van der Waals surface area contributed by atoms with Crippen LogP contribution >= 0.6 is 0 Å². The molecule has 8 nitrogen and oxygen atoms in total. The highest BCUT2D eigenvalue weighted by Gasteiger charge is 2.17. The molecule has 2 aromatic rings. The minimum Gasteiger partial charge on any atom is -0.496 e. The van der Waals surface area contributed by atoms with Crippen LogP contribution in [0.5, 0.6) is 17.4 Å². The number of nitrogen functional groups attached to an aromatic ring is 1. The first-order valence-corrected chi connectivity index (χ1v) is 5.18. The van der Waals surface area contributed by atoms with Crippen molar-refractivity contribution in [1.82, 2.24) is 9.97 Å². The first-order chi connectivity index (χ1) is 9.10. The van der Waals surface area contributed by atoms with E-state index in [4.69, 9.17) is 15.2 Å². The van der Waals surface area contributed by atoms with Crippen LogP contribution in [0.1, 0.15) is 0 Å². The molecule has 0 saturated heterocycles. The second kappa shape index (κ2) is 5.17. The van der Waals surface area contributed by atoms with Gasteiger partial charge in [0.2, 0.25) is 11.6 Å². The molecule has 0 unspecified atom stereocenters. The van der Waals surface area contributed by atoms with Crippen LogP contribution < -0.4 is 15.2 Å². The Hall–Kier alpha value is -2.90. The van der Waals surface area contributed by atoms with Crippen molar-refractivity contribution in [3.63, 3.8) is 0 Å². The fourth-order valence-electron chi connectivity index (χ4n) is 1.34. The van der Waals surface area contributed by atoms with E-state index in [1.54, 1.807) is 6.07 Å². The summed E-state index contributed by atoms with van der Waals surface area (Å²) >= 11 is 0. The van der Waals surface area contributed by atoms with Crippen LogP contribution in [-0.4, -0.2) is 22.0 Å². The lowest BCUT2D eigenvalue weighted by Crippen LogP contribution is -1.97. The predicted molar refractivity (Wildman–Crippen MR) is 66.2 cm³/mol. The van der Waals surface area contributed by atoms with E-state index in [2.05, 4.69) is 9.97 Å². The Balaban J connectivity index is 2.33. The summed E-state index contributed by atoms with van der Waals surface area (Å²) in [7, 11) is 1.42. The van der Waals surface area contributed by atoms with Crippen molar-refractivity contribution >= 4 is 11.5 Å². The van der Waals surface area contributed by atoms with Crippen LogP contribution in [0, 0.1) is 10.1 Å². The highest BCUT2D eigenvalue weighted by atomic mass is 16.6. The molecule has 1 heterocycles. The molecule has 98 valence electrons. The van der Waals surface area contributed by atoms with Crippen LogP contribution in [0.2, 0.25) is 0 Å². The van der Waals surface area contributed by atoms with Gasteiger partial charge in [-0.25, -0.2) is 9.97 Å². The van der Waals surface area contributed by atoms with Gasteiger partial charge in [-0.1, -0.05) is 0 Å². The molecule has 0 aliphatic carbocycles. The summed E-state index contributed by atoms with van der Waals surface area (Å²) in [6.45, 7) is 0. The zero-order chi connectivity index (χ0) is 13.8. The number of nitro groups is 1. The minimum absolute atomic E-state index is 0.0462. The molecular weight excluding hydrogens is 252 g/mol. The molecule has 0 spiro atoms. The van der Waals surface area contributed by atoms with Gasteiger partial charge < -0.3 is 15.2 Å². The number of benzene rings is 1. The van der Waals surface area contributed by atoms with Crippen LogP contribution in [0.25, 0.3) is 0 Å². The van der Waals surface area contributed by atoms with Gasteiger partial charge in [0.05, 0.1) is 30.5 Å². The van der Waals surface area contributed by atoms with Crippen molar-refractivity contribution in [1.29, 1.82) is 0 Å². The van der Waals surface area contributed by atoms with Gasteiger partial charge in [0.15, 0.2) is 0 Å². The van der Waals surface area contributed by atoms with Gasteiger partial charge in [-0.2, -0.15) is 0 Å². The van der Waals surface area contributed by atoms with E-state index >= 15 is 0 Å². The third-order valence-corrected chi connectivity index (χ3v) is 2.23. The first-order valence-electron chi connectivity index (χ1n) is 5.18. The van der Waals surface area contributed by atoms with E-state index in [0.717, 1.165) is 0 Å². The number of nitrogens with zero attached hydrogens (tertiary/aromatic N) is 3. The van der Waals surface area contributed by atoms with E-state index in [1.807, 2.05) is 0 Å². The van der Waals surface area contributed by atoms with Crippen molar-refractivity contribution in [3.8, 4) is 17.4 Å². The summed E-state index contributed by atoms with van der Waals surface area (Å²) in [4.78, 5) is 18.0. The number of hydrogen-bond donors (Lipinski definition) is 1. The van der Waals surface area contributed by atoms with Crippen molar-refractivity contribution in [2.75, 3.05) is 12.8 Å². The number of hydrogen-bond acceptors (Lipinski definition) is 7. The molecule has 0 saturated carbocycles. The molecule has 0 amide bonds. The summed E-state index contributed by atoms with van der Waals surface area (Å²) in [6, 6.07) is 4.24. The third-order valence-electron chi connectivity index (χ3n) is 2.23. The maximum Gasteiger partial charge on any atom is 0.315 e. The van der Waals surface area contributed by atoms with Gasteiger partial charge in [-0.05, 0) is 12.1 Å². The summed E-state index contributed by atoms with van der Waals surface area (Å²) < 4.78 is 10.2. The van der Waals surface area contributed by atoms with E-state index in [9.17, 15) is 10.1 Å². The van der Waals surface area contributed by atoms with Gasteiger partial charge in [0.25, 0.3) is 0 Å². The molecule has 0 atom stereocenters. The predicted octanol–water partition coefficient (Wildman–Crippen LogP) is 1.77. The third kappa shape index (κ3) is 2.86. The Morgan fingerprint density at radius 3 is 2.68 bits per heavy atom. The average Bonchev–Trinajstić information content (AvgIpc) is 2.41. The van der Waals surface area contributed by atoms with Gasteiger partial charge >= 0.3 is 5.69 Å². The van der Waals surface area contributed by atoms with Crippen molar-refractivity contribution < 1.29 is 14.4 Å². The van der Waals surface area contributed by atoms with E-state index in [0.29, 0.717) is 5.75 Å². The minimum atomic E-state index is -0.567. The van der Waals surface area contributed by atoms with E-state index in [1.165, 1.54) is 31.6 Å². The van der Waals surface area contributed by atoms with Gasteiger partial charge in [-0.15, -0.1) is 0 Å². The van der Waals surface area contributed by atoms with Gasteiger partial charge in [-0.3, -0.25) is 10.1 Å². The van der Waals surface area contributed by atoms with E-state index < -0.39 is 4.92 Å². The zero-order valence-electron chi connectivity index (χ0n) is 9.94. The molecule has 19 heavy (non-hydrogen) atoms. The monoisotopic (exact) mass is 262 g/mol. The Labute approximate surface area is 108 Å². The quantitative estimate of drug-likeness (QED) is 0.659. The molecule has 1 aromatic heterocycles. The van der Waals surface area contributed by atoms with Gasteiger partial charge in [0, 0.05) is 0 Å². The maximum absolute atomic E-state index is 10.9. The van der Waals surface area contributed by atoms with Gasteiger partial charge in [0.1, 0.15) is 11.6 Å². The van der Waals surface area contributed by atoms with Crippen LogP contribution in [0.4, 0.5) is 11.5 Å². The normalized spacial score (nSPS) is 9.95. The number of nitrogens with two attached hydrogens (primary N) is 1. The standard InChI is InChI=1S/C11H10N4O4/c1-18-7-2-3-9(8(4-7)15(16)17)19-11-6-13-10(12)5-14-11/h2-6H,1H3,(H2,12,13). The number of anilines is 1. The second-order valence-electron chi connectivity index (χ2n) is 3.47. The van der Waals surface area contributed by atoms with Crippen LogP contribution in [0.3, 0.4) is 0 Å². The molecule has 0 aliphatic heterocycles. The summed E-state index contributed by atoms with van der Waals surface area (Å²) in [5, 5.41) is 10.9. The Bertz CT molecular complexity index is 600. The lowest BCUT2D eigenvalue weighted by atomic mass is 10.3. The van der Waals surface area contributed by atoms with E-state index in [-0.39, 0.29) is 23.1 Å². The molecule has 8 heteroatoms. The average molecular weight is 262 g/mol. The van der Waals surface area contributed by atoms with Crippen molar-refractivity contribution in [2.24, 2.45) is 0 Å². The smallest absolute Gasteiger partial charge is 0.315 e. The fourth-order valence-corrected chi connectivity index (χ4v) is 1.34. The number of ether oxygens (including phenoxy) is 2. The highest BCUT2D eigenvalue weighted by Crippen LogP contribution is 2.33. The number of aromatic nitrogens is 2. The Kier molecular flexibility index (Phi) is 3.42. The van der Waals surface area contributed by atoms with Crippen LogP contribution in [0.15, 0.2) is 30.6 Å². The largest absolute Gasteiger partial charge is 0.496 e. The Morgan fingerprint density at radius 2 is 2.11 bits per heavy atom. The van der Waals surface area contributed by atoms with Crippen molar-refractivity contribution in [2.45, 2.75) is 0 Å². The number of rotatable bonds is 4. The van der Waals surface area contributed by atoms with Crippen LogP contribution in [-0.2, 0) is 0 Å². The summed E-state index contributed by atoms with van der Waals surface area (Å²) in [5.41, 5.74) is 5.16. The Morgan fingerprint density at radius 1 is 1.32 bits per heavy atom. The summed E-state index contributed by atoms with van der Waals surface area (Å²) in [6.07, 6.45) is 2.58. The number of methoxy groups -OCH3 is 1. The molecule has 0 bridgehead atoms. The molecule has 2 N–H and O–H groups in total. The number of nitro benzene ring substituents is 1.